The first-order valence-corrected chi connectivity index (χ1v) is 4.56. The van der Waals surface area contributed by atoms with E-state index in [-0.39, 0.29) is 0 Å². The third kappa shape index (κ3) is 1.84. The summed E-state index contributed by atoms with van der Waals surface area (Å²) in [5, 5.41) is 8.69. The van der Waals surface area contributed by atoms with E-state index in [2.05, 4.69) is 11.1 Å². The summed E-state index contributed by atoms with van der Waals surface area (Å²) >= 11 is 0. The van der Waals surface area contributed by atoms with Crippen molar-refractivity contribution in [3.63, 3.8) is 0 Å². The summed E-state index contributed by atoms with van der Waals surface area (Å²) in [6.07, 6.45) is 1.81. The Morgan fingerprint density at radius 3 is 2.80 bits per heavy atom. The molecule has 0 saturated heterocycles. The highest BCUT2D eigenvalue weighted by Gasteiger charge is 2.02. The molecule has 1 heterocycles. The van der Waals surface area contributed by atoms with E-state index in [0.29, 0.717) is 5.69 Å². The minimum atomic E-state index is 0.563. The Morgan fingerprint density at radius 1 is 1.27 bits per heavy atom. The van der Waals surface area contributed by atoms with Crippen molar-refractivity contribution >= 4 is 0 Å². The van der Waals surface area contributed by atoms with Gasteiger partial charge in [0, 0.05) is 11.8 Å². The van der Waals surface area contributed by atoms with E-state index in [4.69, 9.17) is 10.00 Å². The van der Waals surface area contributed by atoms with Crippen molar-refractivity contribution in [1.29, 1.82) is 5.26 Å². The highest BCUT2D eigenvalue weighted by molar-refractivity contribution is 5.65. The zero-order chi connectivity index (χ0) is 10.7. The summed E-state index contributed by atoms with van der Waals surface area (Å²) < 4.78 is 5.13. The van der Waals surface area contributed by atoms with Gasteiger partial charge in [-0.1, -0.05) is 12.1 Å². The van der Waals surface area contributed by atoms with Crippen LogP contribution in [0.5, 0.6) is 5.75 Å². The van der Waals surface area contributed by atoms with Crippen LogP contribution >= 0.6 is 0 Å². The largest absolute Gasteiger partial charge is 0.497 e. The number of hydrogen-bond donors (Lipinski definition) is 1. The van der Waals surface area contributed by atoms with Crippen molar-refractivity contribution < 1.29 is 4.74 Å². The number of nitrogens with zero attached hydrogens (tertiary/aromatic N) is 1. The molecular weight excluding hydrogens is 188 g/mol. The van der Waals surface area contributed by atoms with Gasteiger partial charge in [0.15, 0.2) is 0 Å². The molecule has 0 aliphatic rings. The molecule has 1 N–H and O–H groups in total. The summed E-state index contributed by atoms with van der Waals surface area (Å²) in [4.78, 5) is 2.89. The number of aromatic nitrogens is 1. The topological polar surface area (TPSA) is 48.8 Å². The first kappa shape index (κ1) is 9.35. The number of nitriles is 1. The molecule has 74 valence electrons. The van der Waals surface area contributed by atoms with E-state index in [1.54, 1.807) is 7.11 Å². The number of nitrogens with one attached hydrogen (secondary N) is 1. The second-order valence-corrected chi connectivity index (χ2v) is 3.15. The number of ether oxygens (including phenoxy) is 1. The Labute approximate surface area is 87.9 Å². The van der Waals surface area contributed by atoms with Gasteiger partial charge >= 0.3 is 0 Å². The lowest BCUT2D eigenvalue weighted by molar-refractivity contribution is 0.415. The maximum atomic E-state index is 8.69. The second kappa shape index (κ2) is 3.89. The van der Waals surface area contributed by atoms with Crippen LogP contribution in [0.2, 0.25) is 0 Å². The number of benzene rings is 1. The maximum absolute atomic E-state index is 8.69. The van der Waals surface area contributed by atoms with Gasteiger partial charge in [0.25, 0.3) is 0 Å². The number of methoxy groups -OCH3 is 1. The van der Waals surface area contributed by atoms with Crippen LogP contribution in [0.3, 0.4) is 0 Å². The van der Waals surface area contributed by atoms with E-state index in [0.717, 1.165) is 16.9 Å². The van der Waals surface area contributed by atoms with Crippen LogP contribution in [0.15, 0.2) is 36.5 Å². The SMILES string of the molecule is COc1cccc(-c2c[nH]c(C#N)c2)c1. The molecule has 0 radical (unpaired) electrons. The van der Waals surface area contributed by atoms with Gasteiger partial charge in [0.2, 0.25) is 0 Å². The minimum Gasteiger partial charge on any atom is -0.497 e. The predicted molar refractivity (Wildman–Crippen MR) is 57.5 cm³/mol. The van der Waals surface area contributed by atoms with Crippen LogP contribution in [-0.4, -0.2) is 12.1 Å². The van der Waals surface area contributed by atoms with Crippen molar-refractivity contribution in [2.24, 2.45) is 0 Å². The summed E-state index contributed by atoms with van der Waals surface area (Å²) in [7, 11) is 1.64. The Balaban J connectivity index is 2.41. The Bertz CT molecular complexity index is 508. The summed E-state index contributed by atoms with van der Waals surface area (Å²) in [5.41, 5.74) is 2.59. The van der Waals surface area contributed by atoms with Gasteiger partial charge in [-0.3, -0.25) is 0 Å². The van der Waals surface area contributed by atoms with Gasteiger partial charge < -0.3 is 9.72 Å². The van der Waals surface area contributed by atoms with Gasteiger partial charge in [0.1, 0.15) is 17.5 Å². The van der Waals surface area contributed by atoms with Crippen molar-refractivity contribution in [1.82, 2.24) is 4.98 Å². The fraction of sp³-hybridized carbons (Fsp3) is 0.0833. The molecular formula is C12H10N2O. The fourth-order valence-electron chi connectivity index (χ4n) is 1.43. The van der Waals surface area contributed by atoms with Crippen molar-refractivity contribution in [2.75, 3.05) is 7.11 Å². The van der Waals surface area contributed by atoms with E-state index < -0.39 is 0 Å². The molecule has 2 aromatic rings. The lowest BCUT2D eigenvalue weighted by Crippen LogP contribution is -1.82. The first-order valence-electron chi connectivity index (χ1n) is 4.56. The van der Waals surface area contributed by atoms with Crippen molar-refractivity contribution in [2.45, 2.75) is 0 Å². The molecule has 0 spiro atoms. The molecule has 3 heteroatoms. The van der Waals surface area contributed by atoms with E-state index in [1.165, 1.54) is 0 Å². The summed E-state index contributed by atoms with van der Waals surface area (Å²) in [6.45, 7) is 0. The maximum Gasteiger partial charge on any atom is 0.119 e. The lowest BCUT2D eigenvalue weighted by atomic mass is 10.1. The molecule has 0 saturated carbocycles. The molecule has 1 aromatic heterocycles. The molecule has 0 aliphatic carbocycles. The van der Waals surface area contributed by atoms with Crippen LogP contribution in [0.4, 0.5) is 0 Å². The standard InChI is InChI=1S/C12H10N2O/c1-15-12-4-2-3-9(6-12)10-5-11(7-13)14-8-10/h2-6,8,14H,1H3. The predicted octanol–water partition coefficient (Wildman–Crippen LogP) is 2.56. The molecule has 1 aromatic carbocycles. The van der Waals surface area contributed by atoms with Gasteiger partial charge in [-0.25, -0.2) is 0 Å². The van der Waals surface area contributed by atoms with Gasteiger partial charge in [-0.2, -0.15) is 5.26 Å². The monoisotopic (exact) mass is 198 g/mol. The summed E-state index contributed by atoms with van der Waals surface area (Å²) in [6, 6.07) is 11.6. The highest BCUT2D eigenvalue weighted by atomic mass is 16.5. The zero-order valence-electron chi connectivity index (χ0n) is 8.32. The molecule has 0 bridgehead atoms. The van der Waals surface area contributed by atoms with E-state index in [1.807, 2.05) is 36.5 Å². The average molecular weight is 198 g/mol. The first-order chi connectivity index (χ1) is 7.33. The third-order valence-electron chi connectivity index (χ3n) is 2.21. The molecule has 0 aliphatic heterocycles. The van der Waals surface area contributed by atoms with Gasteiger partial charge in [-0.15, -0.1) is 0 Å². The van der Waals surface area contributed by atoms with Crippen LogP contribution < -0.4 is 4.74 Å². The van der Waals surface area contributed by atoms with E-state index >= 15 is 0 Å². The Morgan fingerprint density at radius 2 is 2.13 bits per heavy atom. The van der Waals surface area contributed by atoms with Crippen LogP contribution in [0, 0.1) is 11.3 Å². The molecule has 3 nitrogen and oxygen atoms in total. The van der Waals surface area contributed by atoms with Gasteiger partial charge in [0.05, 0.1) is 7.11 Å². The number of rotatable bonds is 2. The smallest absolute Gasteiger partial charge is 0.119 e. The van der Waals surface area contributed by atoms with Crippen molar-refractivity contribution in [3.05, 3.63) is 42.2 Å². The third-order valence-corrected chi connectivity index (χ3v) is 2.21. The lowest BCUT2D eigenvalue weighted by Gasteiger charge is -2.01. The molecule has 2 rings (SSSR count). The molecule has 0 atom stereocenters. The quantitative estimate of drug-likeness (QED) is 0.806. The summed E-state index contributed by atoms with van der Waals surface area (Å²) in [5.74, 6) is 0.812. The van der Waals surface area contributed by atoms with Crippen LogP contribution in [-0.2, 0) is 0 Å². The number of aromatic amines is 1. The molecule has 0 unspecified atom stereocenters. The molecule has 0 amide bonds. The average Bonchev–Trinajstić information content (AvgIpc) is 2.78. The molecule has 15 heavy (non-hydrogen) atoms. The Kier molecular flexibility index (Phi) is 2.42. The second-order valence-electron chi connectivity index (χ2n) is 3.15. The minimum absolute atomic E-state index is 0.563. The van der Waals surface area contributed by atoms with Crippen molar-refractivity contribution in [3.8, 4) is 22.9 Å². The van der Waals surface area contributed by atoms with Crippen LogP contribution in [0.1, 0.15) is 5.69 Å². The Hall–Kier alpha value is -2.21. The highest BCUT2D eigenvalue weighted by Crippen LogP contribution is 2.23. The normalized spacial score (nSPS) is 9.60. The fourth-order valence-corrected chi connectivity index (χ4v) is 1.43. The molecule has 0 fully saturated rings. The zero-order valence-corrected chi connectivity index (χ0v) is 8.32. The van der Waals surface area contributed by atoms with E-state index in [9.17, 15) is 0 Å². The van der Waals surface area contributed by atoms with Gasteiger partial charge in [-0.05, 0) is 23.8 Å². The number of H-pyrrole nitrogens is 1. The number of hydrogen-bond acceptors (Lipinski definition) is 2. The van der Waals surface area contributed by atoms with Crippen LogP contribution in [0.25, 0.3) is 11.1 Å².